The summed E-state index contributed by atoms with van der Waals surface area (Å²) in [6.45, 7) is 1.03. The molecule has 2 N–H and O–H groups in total. The Bertz CT molecular complexity index is 520. The maximum atomic E-state index is 10.9. The molecule has 6 nitrogen and oxygen atoms in total. The highest BCUT2D eigenvalue weighted by Gasteiger charge is 2.10. The predicted molar refractivity (Wildman–Crippen MR) is 62.8 cm³/mol. The van der Waals surface area contributed by atoms with E-state index in [4.69, 9.17) is 5.11 Å². The van der Waals surface area contributed by atoms with E-state index in [0.29, 0.717) is 23.8 Å². The van der Waals surface area contributed by atoms with Gasteiger partial charge in [0, 0.05) is 13.6 Å². The van der Waals surface area contributed by atoms with Crippen LogP contribution in [0.3, 0.4) is 0 Å². The van der Waals surface area contributed by atoms with Gasteiger partial charge in [-0.2, -0.15) is 5.10 Å². The van der Waals surface area contributed by atoms with Crippen LogP contribution in [0.5, 0.6) is 0 Å². The van der Waals surface area contributed by atoms with Crippen LogP contribution in [0, 0.1) is 0 Å². The lowest BCUT2D eigenvalue weighted by Gasteiger charge is -2.01. The van der Waals surface area contributed by atoms with Gasteiger partial charge >= 0.3 is 5.97 Å². The number of nitrogens with zero attached hydrogens (tertiary/aromatic N) is 3. The largest absolute Gasteiger partial charge is 0.477 e. The molecule has 17 heavy (non-hydrogen) atoms. The minimum absolute atomic E-state index is 0.381. The van der Waals surface area contributed by atoms with Crippen LogP contribution >= 0.6 is 11.3 Å². The van der Waals surface area contributed by atoms with Gasteiger partial charge < -0.3 is 10.4 Å². The fraction of sp³-hybridized carbons (Fsp3) is 0.300. The topological polar surface area (TPSA) is 80.0 Å². The minimum atomic E-state index is -0.882. The molecule has 0 aliphatic rings. The van der Waals surface area contributed by atoms with Gasteiger partial charge in [0.15, 0.2) is 5.82 Å². The van der Waals surface area contributed by atoms with Crippen LogP contribution in [0.1, 0.15) is 21.1 Å². The van der Waals surface area contributed by atoms with Gasteiger partial charge in [0.1, 0.15) is 11.2 Å². The van der Waals surface area contributed by atoms with Crippen LogP contribution in [-0.4, -0.2) is 25.8 Å². The van der Waals surface area contributed by atoms with Gasteiger partial charge in [-0.25, -0.2) is 9.78 Å². The van der Waals surface area contributed by atoms with E-state index < -0.39 is 5.97 Å². The molecule has 0 aromatic carbocycles. The van der Waals surface area contributed by atoms with Crippen molar-refractivity contribution in [2.24, 2.45) is 7.05 Å². The molecule has 0 spiro atoms. The molecular weight excluding hydrogens is 240 g/mol. The molecule has 0 fully saturated rings. The first-order valence-corrected chi connectivity index (χ1v) is 5.89. The van der Waals surface area contributed by atoms with Crippen molar-refractivity contribution in [2.45, 2.75) is 13.1 Å². The molecule has 2 heterocycles. The first-order valence-electron chi connectivity index (χ1n) is 5.01. The molecule has 0 amide bonds. The summed E-state index contributed by atoms with van der Waals surface area (Å²) in [5.74, 6) is -0.188. The lowest BCUT2D eigenvalue weighted by molar-refractivity contribution is 0.0701. The van der Waals surface area contributed by atoms with Gasteiger partial charge in [0.2, 0.25) is 0 Å². The number of hydrogen-bond acceptors (Lipinski definition) is 5. The van der Waals surface area contributed by atoms with Crippen molar-refractivity contribution < 1.29 is 9.90 Å². The first kappa shape index (κ1) is 11.7. The third kappa shape index (κ3) is 2.89. The lowest BCUT2D eigenvalue weighted by atomic mass is 10.2. The summed E-state index contributed by atoms with van der Waals surface area (Å²) < 4.78 is 1.63. The molecular formula is C10H12N4O2S. The summed E-state index contributed by atoms with van der Waals surface area (Å²) in [6.07, 6.45) is 1.63. The van der Waals surface area contributed by atoms with E-state index in [0.717, 1.165) is 5.56 Å². The Hall–Kier alpha value is -1.73. The molecule has 0 aliphatic heterocycles. The van der Waals surface area contributed by atoms with Crippen LogP contribution in [-0.2, 0) is 20.1 Å². The molecule has 2 rings (SSSR count). The molecule has 0 aliphatic carbocycles. The molecule has 2 aromatic heterocycles. The average molecular weight is 252 g/mol. The van der Waals surface area contributed by atoms with Crippen molar-refractivity contribution in [1.82, 2.24) is 20.1 Å². The summed E-state index contributed by atoms with van der Waals surface area (Å²) in [4.78, 5) is 15.3. The molecule has 2 aromatic rings. The van der Waals surface area contributed by atoms with Crippen molar-refractivity contribution in [2.75, 3.05) is 0 Å². The molecule has 0 unspecified atom stereocenters. The van der Waals surface area contributed by atoms with E-state index in [1.54, 1.807) is 23.4 Å². The van der Waals surface area contributed by atoms with E-state index in [1.807, 2.05) is 6.07 Å². The molecule has 0 radical (unpaired) electrons. The van der Waals surface area contributed by atoms with Crippen molar-refractivity contribution in [1.29, 1.82) is 0 Å². The average Bonchev–Trinajstić information content (AvgIpc) is 2.87. The van der Waals surface area contributed by atoms with Gasteiger partial charge in [-0.1, -0.05) is 0 Å². The fourth-order valence-electron chi connectivity index (χ4n) is 1.44. The second-order valence-electron chi connectivity index (χ2n) is 3.52. The first-order chi connectivity index (χ1) is 8.16. The second-order valence-corrected chi connectivity index (χ2v) is 4.43. The van der Waals surface area contributed by atoms with Gasteiger partial charge in [0.05, 0.1) is 6.54 Å². The monoisotopic (exact) mass is 252 g/mol. The molecule has 0 saturated carbocycles. The zero-order valence-corrected chi connectivity index (χ0v) is 10.1. The highest BCUT2D eigenvalue weighted by Crippen LogP contribution is 2.16. The Kier molecular flexibility index (Phi) is 3.50. The predicted octanol–water partition coefficient (Wildman–Crippen LogP) is 0.865. The van der Waals surface area contributed by atoms with E-state index in [9.17, 15) is 4.79 Å². The zero-order chi connectivity index (χ0) is 12.3. The van der Waals surface area contributed by atoms with Crippen molar-refractivity contribution in [3.63, 3.8) is 0 Å². The van der Waals surface area contributed by atoms with Crippen molar-refractivity contribution in [3.8, 4) is 0 Å². The SMILES string of the molecule is Cn1cnc(CNCc2ccsc2C(=O)O)n1. The van der Waals surface area contributed by atoms with Crippen LogP contribution in [0.15, 0.2) is 17.8 Å². The van der Waals surface area contributed by atoms with Crippen molar-refractivity contribution in [3.05, 3.63) is 34.0 Å². The smallest absolute Gasteiger partial charge is 0.346 e. The van der Waals surface area contributed by atoms with Gasteiger partial charge in [-0.05, 0) is 17.0 Å². The number of rotatable bonds is 5. The molecule has 0 bridgehead atoms. The summed E-state index contributed by atoms with van der Waals surface area (Å²) >= 11 is 1.23. The third-order valence-electron chi connectivity index (χ3n) is 2.19. The van der Waals surface area contributed by atoms with Crippen molar-refractivity contribution >= 4 is 17.3 Å². The zero-order valence-electron chi connectivity index (χ0n) is 9.25. The number of aromatic carboxylic acids is 1. The van der Waals surface area contributed by atoms with Crippen LogP contribution in [0.25, 0.3) is 0 Å². The normalized spacial score (nSPS) is 10.6. The highest BCUT2D eigenvalue weighted by atomic mass is 32.1. The quantitative estimate of drug-likeness (QED) is 0.825. The number of aromatic nitrogens is 3. The fourth-order valence-corrected chi connectivity index (χ4v) is 2.20. The van der Waals surface area contributed by atoms with Crippen LogP contribution < -0.4 is 5.32 Å². The summed E-state index contributed by atoms with van der Waals surface area (Å²) in [5.41, 5.74) is 0.790. The Labute approximate surface area is 102 Å². The lowest BCUT2D eigenvalue weighted by Crippen LogP contribution is -2.15. The molecule has 7 heteroatoms. The number of hydrogen-bond donors (Lipinski definition) is 2. The maximum absolute atomic E-state index is 10.9. The Morgan fingerprint density at radius 2 is 2.41 bits per heavy atom. The Morgan fingerprint density at radius 3 is 3.06 bits per heavy atom. The summed E-state index contributed by atoms with van der Waals surface area (Å²) in [5, 5.41) is 17.9. The van der Waals surface area contributed by atoms with Crippen LogP contribution in [0.2, 0.25) is 0 Å². The van der Waals surface area contributed by atoms with Gasteiger partial charge in [-0.3, -0.25) is 4.68 Å². The van der Waals surface area contributed by atoms with E-state index in [2.05, 4.69) is 15.4 Å². The summed E-state index contributed by atoms with van der Waals surface area (Å²) in [6, 6.07) is 1.81. The van der Waals surface area contributed by atoms with E-state index >= 15 is 0 Å². The van der Waals surface area contributed by atoms with Gasteiger partial charge in [-0.15, -0.1) is 11.3 Å². The number of aryl methyl sites for hydroxylation is 1. The Morgan fingerprint density at radius 1 is 1.59 bits per heavy atom. The molecule has 90 valence electrons. The van der Waals surface area contributed by atoms with E-state index in [-0.39, 0.29) is 0 Å². The number of thiophene rings is 1. The number of nitrogens with one attached hydrogen (secondary N) is 1. The standard InChI is InChI=1S/C10H12N4O2S/c1-14-6-12-8(13-14)5-11-4-7-2-3-17-9(7)10(15)16/h2-3,6,11H,4-5H2,1H3,(H,15,16). The van der Waals surface area contributed by atoms with Gasteiger partial charge in [0.25, 0.3) is 0 Å². The number of carboxylic acids is 1. The number of carbonyl (C=O) groups is 1. The molecule has 0 saturated heterocycles. The third-order valence-corrected chi connectivity index (χ3v) is 3.13. The highest BCUT2D eigenvalue weighted by molar-refractivity contribution is 7.12. The molecule has 0 atom stereocenters. The Balaban J connectivity index is 1.90. The van der Waals surface area contributed by atoms with E-state index in [1.165, 1.54) is 11.3 Å². The maximum Gasteiger partial charge on any atom is 0.346 e. The summed E-state index contributed by atoms with van der Waals surface area (Å²) in [7, 11) is 1.80. The minimum Gasteiger partial charge on any atom is -0.477 e. The van der Waals surface area contributed by atoms with Crippen LogP contribution in [0.4, 0.5) is 0 Å². The second kappa shape index (κ2) is 5.07. The number of carboxylic acid groups (broad SMARTS) is 1.